The van der Waals surface area contributed by atoms with E-state index < -0.39 is 10.0 Å². The van der Waals surface area contributed by atoms with Crippen LogP contribution < -0.4 is 19.5 Å². The normalized spacial score (nSPS) is 14.0. The first-order valence-corrected chi connectivity index (χ1v) is 10.9. The van der Waals surface area contributed by atoms with Crippen LogP contribution in [0.2, 0.25) is 0 Å². The van der Waals surface area contributed by atoms with Gasteiger partial charge in [-0.05, 0) is 48.4 Å². The molecule has 1 aromatic heterocycles. The van der Waals surface area contributed by atoms with E-state index >= 15 is 0 Å². The SMILES string of the molecule is COc1ccc(CCNC(=O)c2sccc2S(=O)(=O)NC2CC2)cc1OC. The van der Waals surface area contributed by atoms with Gasteiger partial charge in [-0.3, -0.25) is 4.79 Å². The standard InChI is InChI=1S/C18H22N2O5S2/c1-24-14-6-3-12(11-15(14)25-2)7-9-19-18(21)17-16(8-10-26-17)27(22,23)20-13-4-5-13/h3,6,8,10-11,13,20H,4-5,7,9H2,1-2H3,(H,19,21). The maximum atomic E-state index is 12.5. The van der Waals surface area contributed by atoms with Crippen molar-refractivity contribution in [1.29, 1.82) is 0 Å². The third-order valence-corrected chi connectivity index (χ3v) is 6.78. The summed E-state index contributed by atoms with van der Waals surface area (Å²) in [4.78, 5) is 12.7. The third kappa shape index (κ3) is 4.79. The van der Waals surface area contributed by atoms with Gasteiger partial charge in [0, 0.05) is 12.6 Å². The summed E-state index contributed by atoms with van der Waals surface area (Å²) in [7, 11) is -0.515. The van der Waals surface area contributed by atoms with Gasteiger partial charge in [0.25, 0.3) is 5.91 Å². The maximum absolute atomic E-state index is 12.5. The minimum Gasteiger partial charge on any atom is -0.493 e. The second kappa shape index (κ2) is 8.28. The van der Waals surface area contributed by atoms with Crippen LogP contribution in [-0.2, 0) is 16.4 Å². The minimum atomic E-state index is -3.65. The highest BCUT2D eigenvalue weighted by atomic mass is 32.2. The Hall–Kier alpha value is -2.10. The van der Waals surface area contributed by atoms with E-state index in [1.807, 2.05) is 18.2 Å². The first-order valence-electron chi connectivity index (χ1n) is 8.53. The van der Waals surface area contributed by atoms with E-state index in [1.165, 1.54) is 6.07 Å². The summed E-state index contributed by atoms with van der Waals surface area (Å²) in [6.45, 7) is 0.377. The predicted molar refractivity (Wildman–Crippen MR) is 103 cm³/mol. The van der Waals surface area contributed by atoms with E-state index in [0.717, 1.165) is 29.7 Å². The number of rotatable bonds is 9. The topological polar surface area (TPSA) is 93.7 Å². The van der Waals surface area contributed by atoms with Crippen molar-refractivity contribution >= 4 is 27.3 Å². The van der Waals surface area contributed by atoms with E-state index in [-0.39, 0.29) is 21.7 Å². The van der Waals surface area contributed by atoms with E-state index in [0.29, 0.717) is 24.5 Å². The van der Waals surface area contributed by atoms with Crippen molar-refractivity contribution in [3.63, 3.8) is 0 Å². The van der Waals surface area contributed by atoms with E-state index in [2.05, 4.69) is 10.0 Å². The van der Waals surface area contributed by atoms with Crippen molar-refractivity contribution in [2.24, 2.45) is 0 Å². The fraction of sp³-hybridized carbons (Fsp3) is 0.389. The summed E-state index contributed by atoms with van der Waals surface area (Å²) in [5, 5.41) is 4.40. The largest absolute Gasteiger partial charge is 0.493 e. The number of methoxy groups -OCH3 is 2. The highest BCUT2D eigenvalue weighted by molar-refractivity contribution is 7.89. The first kappa shape index (κ1) is 19.7. The van der Waals surface area contributed by atoms with Crippen molar-refractivity contribution in [3.8, 4) is 11.5 Å². The number of benzene rings is 1. The van der Waals surface area contributed by atoms with Crippen molar-refractivity contribution < 1.29 is 22.7 Å². The summed E-state index contributed by atoms with van der Waals surface area (Å²) >= 11 is 1.12. The molecule has 1 aliphatic carbocycles. The van der Waals surface area contributed by atoms with E-state index in [9.17, 15) is 13.2 Å². The van der Waals surface area contributed by atoms with Gasteiger partial charge in [-0.15, -0.1) is 11.3 Å². The molecule has 3 rings (SSSR count). The van der Waals surface area contributed by atoms with Crippen LogP contribution in [-0.4, -0.2) is 41.1 Å². The van der Waals surface area contributed by atoms with Gasteiger partial charge in [-0.25, -0.2) is 13.1 Å². The molecule has 0 saturated heterocycles. The van der Waals surface area contributed by atoms with Gasteiger partial charge in [0.15, 0.2) is 11.5 Å². The smallest absolute Gasteiger partial charge is 0.262 e. The summed E-state index contributed by atoms with van der Waals surface area (Å²) in [6.07, 6.45) is 2.27. The summed E-state index contributed by atoms with van der Waals surface area (Å²) in [6, 6.07) is 7.03. The molecule has 27 heavy (non-hydrogen) atoms. The summed E-state index contributed by atoms with van der Waals surface area (Å²) in [5.41, 5.74) is 0.974. The van der Waals surface area contributed by atoms with Gasteiger partial charge in [-0.1, -0.05) is 6.07 Å². The van der Waals surface area contributed by atoms with E-state index in [4.69, 9.17) is 9.47 Å². The lowest BCUT2D eigenvalue weighted by molar-refractivity contribution is 0.0955. The number of sulfonamides is 1. The fourth-order valence-corrected chi connectivity index (χ4v) is 5.24. The monoisotopic (exact) mass is 410 g/mol. The fourth-order valence-electron chi connectivity index (χ4n) is 2.60. The Labute approximate surface area is 162 Å². The second-order valence-corrected chi connectivity index (χ2v) is 8.80. The summed E-state index contributed by atoms with van der Waals surface area (Å²) in [5.74, 6) is 0.877. The van der Waals surface area contributed by atoms with Gasteiger partial charge >= 0.3 is 0 Å². The van der Waals surface area contributed by atoms with Crippen LogP contribution >= 0.6 is 11.3 Å². The Balaban J connectivity index is 1.61. The molecule has 1 aromatic carbocycles. The number of ether oxygens (including phenoxy) is 2. The lowest BCUT2D eigenvalue weighted by Gasteiger charge is -2.10. The van der Waals surface area contributed by atoms with Crippen molar-refractivity contribution in [3.05, 3.63) is 40.1 Å². The Morgan fingerprint density at radius 2 is 1.93 bits per heavy atom. The number of nitrogens with one attached hydrogen (secondary N) is 2. The molecule has 2 aromatic rings. The molecule has 1 fully saturated rings. The van der Waals surface area contributed by atoms with Crippen LogP contribution in [0.15, 0.2) is 34.5 Å². The predicted octanol–water partition coefficient (Wildman–Crippen LogP) is 2.18. The highest BCUT2D eigenvalue weighted by Crippen LogP contribution is 2.28. The van der Waals surface area contributed by atoms with Crippen LogP contribution in [0.4, 0.5) is 0 Å². The van der Waals surface area contributed by atoms with Gasteiger partial charge in [-0.2, -0.15) is 0 Å². The quantitative estimate of drug-likeness (QED) is 0.661. The number of thiophene rings is 1. The number of amides is 1. The molecule has 0 radical (unpaired) electrons. The van der Waals surface area contributed by atoms with Crippen LogP contribution in [0.25, 0.3) is 0 Å². The molecule has 0 spiro atoms. The van der Waals surface area contributed by atoms with Crippen molar-refractivity contribution in [2.75, 3.05) is 20.8 Å². The van der Waals surface area contributed by atoms with Crippen molar-refractivity contribution in [1.82, 2.24) is 10.0 Å². The van der Waals surface area contributed by atoms with Gasteiger partial charge in [0.1, 0.15) is 9.77 Å². The number of hydrogen-bond acceptors (Lipinski definition) is 6. The zero-order valence-corrected chi connectivity index (χ0v) is 16.8. The zero-order valence-electron chi connectivity index (χ0n) is 15.2. The van der Waals surface area contributed by atoms with Gasteiger partial charge in [0.05, 0.1) is 14.2 Å². The molecule has 1 amide bonds. The van der Waals surface area contributed by atoms with Crippen LogP contribution in [0, 0.1) is 0 Å². The average molecular weight is 411 g/mol. The summed E-state index contributed by atoms with van der Waals surface area (Å²) < 4.78 is 37.8. The number of hydrogen-bond donors (Lipinski definition) is 2. The second-order valence-electron chi connectivity index (χ2n) is 6.20. The Morgan fingerprint density at radius 3 is 2.59 bits per heavy atom. The van der Waals surface area contributed by atoms with Crippen molar-refractivity contribution in [2.45, 2.75) is 30.2 Å². The maximum Gasteiger partial charge on any atom is 0.262 e. The van der Waals surface area contributed by atoms with Crippen LogP contribution in [0.1, 0.15) is 28.1 Å². The molecule has 0 aliphatic heterocycles. The molecule has 0 bridgehead atoms. The number of carbonyl (C=O) groups excluding carboxylic acids is 1. The molecule has 0 atom stereocenters. The average Bonchev–Trinajstić information content (AvgIpc) is 3.30. The molecular formula is C18H22N2O5S2. The van der Waals surface area contributed by atoms with Gasteiger partial charge in [0.2, 0.25) is 10.0 Å². The lowest BCUT2D eigenvalue weighted by atomic mass is 10.1. The number of carbonyl (C=O) groups is 1. The van der Waals surface area contributed by atoms with Crippen LogP contribution in [0.5, 0.6) is 11.5 Å². The Kier molecular flexibility index (Phi) is 6.03. The molecular weight excluding hydrogens is 388 g/mol. The van der Waals surface area contributed by atoms with E-state index in [1.54, 1.807) is 19.6 Å². The zero-order chi connectivity index (χ0) is 19.4. The molecule has 1 heterocycles. The van der Waals surface area contributed by atoms with Crippen LogP contribution in [0.3, 0.4) is 0 Å². The minimum absolute atomic E-state index is 0.00383. The molecule has 1 aliphatic rings. The Bertz CT molecular complexity index is 920. The molecule has 9 heteroatoms. The Morgan fingerprint density at radius 1 is 1.19 bits per heavy atom. The molecule has 1 saturated carbocycles. The van der Waals surface area contributed by atoms with Gasteiger partial charge < -0.3 is 14.8 Å². The molecule has 0 unspecified atom stereocenters. The lowest BCUT2D eigenvalue weighted by Crippen LogP contribution is -2.30. The highest BCUT2D eigenvalue weighted by Gasteiger charge is 2.31. The molecule has 7 nitrogen and oxygen atoms in total. The first-order chi connectivity index (χ1) is 12.9. The third-order valence-electron chi connectivity index (χ3n) is 4.17. The molecule has 2 N–H and O–H groups in total. The molecule has 146 valence electrons.